The second-order valence-electron chi connectivity index (χ2n) is 4.39. The van der Waals surface area contributed by atoms with Crippen LogP contribution in [-0.2, 0) is 9.53 Å². The predicted molar refractivity (Wildman–Crippen MR) is 51.4 cm³/mol. The minimum absolute atomic E-state index is 0.00589. The third-order valence-electron chi connectivity index (χ3n) is 1.49. The maximum absolute atomic E-state index is 11.1. The molecule has 0 radical (unpaired) electrons. The number of hydrogen-bond acceptors (Lipinski definition) is 3. The highest BCUT2D eigenvalue weighted by Crippen LogP contribution is 2.18. The maximum atomic E-state index is 11.1. The summed E-state index contributed by atoms with van der Waals surface area (Å²) in [7, 11) is 0. The molecule has 0 fully saturated rings. The number of aliphatic hydroxyl groups is 1. The van der Waals surface area contributed by atoms with E-state index in [1.54, 1.807) is 0 Å². The minimum Gasteiger partial charge on any atom is -0.466 e. The first kappa shape index (κ1) is 12.4. The number of rotatable bonds is 5. The molecule has 0 aliphatic heterocycles. The Morgan fingerprint density at radius 1 is 1.31 bits per heavy atom. The highest BCUT2D eigenvalue weighted by Gasteiger charge is 2.16. The Bertz CT molecular complexity index is 147. The Labute approximate surface area is 80.1 Å². The number of carbonyl (C=O) groups excluding carboxylic acids is 1. The Balaban J connectivity index is 3.41. The van der Waals surface area contributed by atoms with Crippen molar-refractivity contribution in [2.75, 3.05) is 13.2 Å². The SMILES string of the molecule is CC(C)(C)CC(=O)OCCCCO. The third kappa shape index (κ3) is 9.34. The fourth-order valence-electron chi connectivity index (χ4n) is 0.884. The molecule has 0 saturated heterocycles. The number of esters is 1. The first-order valence-electron chi connectivity index (χ1n) is 4.72. The Morgan fingerprint density at radius 3 is 2.38 bits per heavy atom. The summed E-state index contributed by atoms with van der Waals surface area (Å²) < 4.78 is 4.97. The Hall–Kier alpha value is -0.570. The lowest BCUT2D eigenvalue weighted by molar-refractivity contribution is -0.145. The minimum atomic E-state index is -0.148. The molecule has 0 aromatic carbocycles. The van der Waals surface area contributed by atoms with Crippen molar-refractivity contribution in [3.8, 4) is 0 Å². The molecule has 0 saturated carbocycles. The molecule has 0 aromatic heterocycles. The predicted octanol–water partition coefficient (Wildman–Crippen LogP) is 1.74. The van der Waals surface area contributed by atoms with Crippen molar-refractivity contribution in [3.63, 3.8) is 0 Å². The van der Waals surface area contributed by atoms with Crippen LogP contribution < -0.4 is 0 Å². The summed E-state index contributed by atoms with van der Waals surface area (Å²) in [4.78, 5) is 11.1. The number of carbonyl (C=O) groups is 1. The largest absolute Gasteiger partial charge is 0.466 e. The van der Waals surface area contributed by atoms with E-state index in [2.05, 4.69) is 0 Å². The normalized spacial score (nSPS) is 11.4. The number of aliphatic hydroxyl groups excluding tert-OH is 1. The molecule has 0 atom stereocenters. The van der Waals surface area contributed by atoms with Gasteiger partial charge in [-0.05, 0) is 18.3 Å². The summed E-state index contributed by atoms with van der Waals surface area (Å²) in [5, 5.41) is 8.48. The van der Waals surface area contributed by atoms with Crippen molar-refractivity contribution in [3.05, 3.63) is 0 Å². The van der Waals surface area contributed by atoms with E-state index < -0.39 is 0 Å². The van der Waals surface area contributed by atoms with Crippen LogP contribution in [0.15, 0.2) is 0 Å². The van der Waals surface area contributed by atoms with Gasteiger partial charge in [0.25, 0.3) is 0 Å². The first-order chi connectivity index (χ1) is 5.95. The van der Waals surface area contributed by atoms with E-state index in [9.17, 15) is 4.79 Å². The topological polar surface area (TPSA) is 46.5 Å². The molecule has 0 aliphatic carbocycles. The van der Waals surface area contributed by atoms with Crippen LogP contribution in [0.25, 0.3) is 0 Å². The summed E-state index contributed by atoms with van der Waals surface area (Å²) in [5.41, 5.74) is -0.00589. The zero-order chi connectivity index (χ0) is 10.3. The number of ether oxygens (including phenoxy) is 1. The molecule has 1 N–H and O–H groups in total. The van der Waals surface area contributed by atoms with Gasteiger partial charge >= 0.3 is 5.97 Å². The standard InChI is InChI=1S/C10H20O3/c1-10(2,3)8-9(12)13-7-5-4-6-11/h11H,4-8H2,1-3H3. The second kappa shape index (κ2) is 5.97. The molecule has 78 valence electrons. The van der Waals surface area contributed by atoms with Gasteiger partial charge in [0, 0.05) is 6.61 Å². The fourth-order valence-corrected chi connectivity index (χ4v) is 0.884. The van der Waals surface area contributed by atoms with Gasteiger partial charge in [-0.2, -0.15) is 0 Å². The first-order valence-corrected chi connectivity index (χ1v) is 4.72. The lowest BCUT2D eigenvalue weighted by Crippen LogP contribution is -2.15. The maximum Gasteiger partial charge on any atom is 0.306 e. The van der Waals surface area contributed by atoms with Gasteiger partial charge in [0.05, 0.1) is 13.0 Å². The Kier molecular flexibility index (Phi) is 5.71. The van der Waals surface area contributed by atoms with Gasteiger partial charge in [0.2, 0.25) is 0 Å². The van der Waals surface area contributed by atoms with Crippen molar-refractivity contribution in [1.29, 1.82) is 0 Å². The van der Waals surface area contributed by atoms with E-state index in [1.807, 2.05) is 20.8 Å². The van der Waals surface area contributed by atoms with E-state index in [4.69, 9.17) is 9.84 Å². The molecule has 0 amide bonds. The molecule has 0 rings (SSSR count). The van der Waals surface area contributed by atoms with E-state index >= 15 is 0 Å². The van der Waals surface area contributed by atoms with Gasteiger partial charge in [-0.1, -0.05) is 20.8 Å². The van der Waals surface area contributed by atoms with E-state index in [-0.39, 0.29) is 18.0 Å². The van der Waals surface area contributed by atoms with Crippen LogP contribution in [-0.4, -0.2) is 24.3 Å². The summed E-state index contributed by atoms with van der Waals surface area (Å²) in [5.74, 6) is -0.148. The van der Waals surface area contributed by atoms with E-state index in [1.165, 1.54) is 0 Å². The van der Waals surface area contributed by atoms with Crippen LogP contribution >= 0.6 is 0 Å². The van der Waals surface area contributed by atoms with Crippen molar-refractivity contribution in [2.24, 2.45) is 5.41 Å². The second-order valence-corrected chi connectivity index (χ2v) is 4.39. The fraction of sp³-hybridized carbons (Fsp3) is 0.900. The molecule has 3 heteroatoms. The summed E-state index contributed by atoms with van der Waals surface area (Å²) >= 11 is 0. The lowest BCUT2D eigenvalue weighted by Gasteiger charge is -2.16. The summed E-state index contributed by atoms with van der Waals surface area (Å²) in [6.07, 6.45) is 1.89. The van der Waals surface area contributed by atoms with Crippen molar-refractivity contribution in [2.45, 2.75) is 40.0 Å². The molecule has 0 spiro atoms. The van der Waals surface area contributed by atoms with Crippen LogP contribution in [0.2, 0.25) is 0 Å². The quantitative estimate of drug-likeness (QED) is 0.528. The molecular weight excluding hydrogens is 168 g/mol. The lowest BCUT2D eigenvalue weighted by atomic mass is 9.92. The van der Waals surface area contributed by atoms with Crippen LogP contribution in [0.3, 0.4) is 0 Å². The highest BCUT2D eigenvalue weighted by atomic mass is 16.5. The van der Waals surface area contributed by atoms with Crippen molar-refractivity contribution >= 4 is 5.97 Å². The molecular formula is C10H20O3. The third-order valence-corrected chi connectivity index (χ3v) is 1.49. The average Bonchev–Trinajstić information content (AvgIpc) is 1.94. The van der Waals surface area contributed by atoms with Crippen molar-refractivity contribution < 1.29 is 14.6 Å². The van der Waals surface area contributed by atoms with Gasteiger partial charge < -0.3 is 9.84 Å². The van der Waals surface area contributed by atoms with Gasteiger partial charge in [-0.15, -0.1) is 0 Å². The number of hydrogen-bond donors (Lipinski definition) is 1. The van der Waals surface area contributed by atoms with Gasteiger partial charge in [0.1, 0.15) is 0 Å². The zero-order valence-electron chi connectivity index (χ0n) is 8.80. The molecule has 0 heterocycles. The molecule has 0 unspecified atom stereocenters. The molecule has 13 heavy (non-hydrogen) atoms. The number of unbranched alkanes of at least 4 members (excludes halogenated alkanes) is 1. The van der Waals surface area contributed by atoms with Crippen molar-refractivity contribution in [1.82, 2.24) is 0 Å². The van der Waals surface area contributed by atoms with Crippen LogP contribution in [0.5, 0.6) is 0 Å². The molecule has 3 nitrogen and oxygen atoms in total. The zero-order valence-corrected chi connectivity index (χ0v) is 8.80. The monoisotopic (exact) mass is 188 g/mol. The average molecular weight is 188 g/mol. The molecule has 0 aromatic rings. The van der Waals surface area contributed by atoms with Crippen LogP contribution in [0.1, 0.15) is 40.0 Å². The van der Waals surface area contributed by atoms with E-state index in [0.29, 0.717) is 19.4 Å². The summed E-state index contributed by atoms with van der Waals surface area (Å²) in [6, 6.07) is 0. The van der Waals surface area contributed by atoms with Gasteiger partial charge in [-0.25, -0.2) is 0 Å². The van der Waals surface area contributed by atoms with Gasteiger partial charge in [-0.3, -0.25) is 4.79 Å². The molecule has 0 bridgehead atoms. The van der Waals surface area contributed by atoms with E-state index in [0.717, 1.165) is 6.42 Å². The van der Waals surface area contributed by atoms with Crippen LogP contribution in [0, 0.1) is 5.41 Å². The Morgan fingerprint density at radius 2 is 1.92 bits per heavy atom. The highest BCUT2D eigenvalue weighted by molar-refractivity contribution is 5.70. The molecule has 0 aliphatic rings. The van der Waals surface area contributed by atoms with Crippen LogP contribution in [0.4, 0.5) is 0 Å². The summed E-state index contributed by atoms with van der Waals surface area (Å²) in [6.45, 7) is 6.60. The smallest absolute Gasteiger partial charge is 0.306 e. The van der Waals surface area contributed by atoms with Gasteiger partial charge in [0.15, 0.2) is 0 Å².